The topological polar surface area (TPSA) is 58.7 Å². The number of ether oxygens (including phenoxy) is 1. The number of aromatic hydroxyl groups is 1. The van der Waals surface area contributed by atoms with Crippen molar-refractivity contribution in [1.29, 1.82) is 0 Å². The van der Waals surface area contributed by atoms with E-state index in [0.717, 1.165) is 30.9 Å². The summed E-state index contributed by atoms with van der Waals surface area (Å²) in [7, 11) is 1.64. The van der Waals surface area contributed by atoms with Crippen molar-refractivity contribution in [1.82, 2.24) is 4.90 Å². The van der Waals surface area contributed by atoms with Gasteiger partial charge in [-0.05, 0) is 50.4 Å². The third-order valence-electron chi connectivity index (χ3n) is 3.97. The summed E-state index contributed by atoms with van der Waals surface area (Å²) in [6.45, 7) is 4.91. The Hall–Kier alpha value is -1.26. The molecule has 0 spiro atoms. The summed E-state index contributed by atoms with van der Waals surface area (Å²) in [5.41, 5.74) is 6.92. The van der Waals surface area contributed by atoms with Gasteiger partial charge in [0.15, 0.2) is 0 Å². The summed E-state index contributed by atoms with van der Waals surface area (Å²) in [5.74, 6) is 1.68. The Morgan fingerprint density at radius 1 is 1.53 bits per heavy atom. The molecule has 0 radical (unpaired) electrons. The van der Waals surface area contributed by atoms with Crippen LogP contribution in [0.5, 0.6) is 11.5 Å². The standard InChI is InChI=1S/C15H24N2O2/c1-11(16)12-4-3-7-17(9-12)10-13-8-14(19-2)5-6-15(13)18/h5-6,8,11-12,18H,3-4,7,9-10,16H2,1-2H3. The molecule has 4 heteroatoms. The average molecular weight is 264 g/mol. The Kier molecular flexibility index (Phi) is 4.66. The van der Waals surface area contributed by atoms with Crippen LogP contribution in [0.25, 0.3) is 0 Å². The number of nitrogens with two attached hydrogens (primary N) is 1. The second-order valence-corrected chi connectivity index (χ2v) is 5.49. The van der Waals surface area contributed by atoms with Gasteiger partial charge in [-0.15, -0.1) is 0 Å². The van der Waals surface area contributed by atoms with Crippen LogP contribution in [0.4, 0.5) is 0 Å². The van der Waals surface area contributed by atoms with Crippen molar-refractivity contribution >= 4 is 0 Å². The first-order valence-corrected chi connectivity index (χ1v) is 6.94. The molecule has 0 aromatic heterocycles. The van der Waals surface area contributed by atoms with E-state index in [0.29, 0.717) is 11.7 Å². The fraction of sp³-hybridized carbons (Fsp3) is 0.600. The predicted molar refractivity (Wildman–Crippen MR) is 76.3 cm³/mol. The van der Waals surface area contributed by atoms with E-state index < -0.39 is 0 Å². The number of phenolic OH excluding ortho intramolecular Hbond substituents is 1. The lowest BCUT2D eigenvalue weighted by Crippen LogP contribution is -2.41. The van der Waals surface area contributed by atoms with E-state index in [1.807, 2.05) is 6.07 Å². The first kappa shape index (κ1) is 14.2. The second-order valence-electron chi connectivity index (χ2n) is 5.49. The number of phenols is 1. The maximum absolute atomic E-state index is 9.93. The number of hydrogen-bond acceptors (Lipinski definition) is 4. The molecule has 0 bridgehead atoms. The van der Waals surface area contributed by atoms with Crippen LogP contribution in [0, 0.1) is 5.92 Å². The molecule has 0 saturated carbocycles. The number of rotatable bonds is 4. The van der Waals surface area contributed by atoms with E-state index in [2.05, 4.69) is 11.8 Å². The van der Waals surface area contributed by atoms with E-state index in [-0.39, 0.29) is 6.04 Å². The quantitative estimate of drug-likeness (QED) is 0.873. The lowest BCUT2D eigenvalue weighted by molar-refractivity contribution is 0.153. The van der Waals surface area contributed by atoms with Crippen molar-refractivity contribution in [2.24, 2.45) is 11.7 Å². The minimum Gasteiger partial charge on any atom is -0.508 e. The number of nitrogens with zero attached hydrogens (tertiary/aromatic N) is 1. The molecule has 0 aliphatic carbocycles. The normalized spacial score (nSPS) is 22.2. The molecular formula is C15H24N2O2. The van der Waals surface area contributed by atoms with Crippen molar-refractivity contribution in [2.45, 2.75) is 32.4 Å². The lowest BCUT2D eigenvalue weighted by Gasteiger charge is -2.34. The number of methoxy groups -OCH3 is 1. The van der Waals surface area contributed by atoms with Gasteiger partial charge in [-0.2, -0.15) is 0 Å². The molecule has 106 valence electrons. The van der Waals surface area contributed by atoms with Gasteiger partial charge >= 0.3 is 0 Å². The van der Waals surface area contributed by atoms with Gasteiger partial charge in [-0.25, -0.2) is 0 Å². The molecular weight excluding hydrogens is 240 g/mol. The van der Waals surface area contributed by atoms with Crippen molar-refractivity contribution < 1.29 is 9.84 Å². The van der Waals surface area contributed by atoms with Crippen LogP contribution in [-0.4, -0.2) is 36.2 Å². The average Bonchev–Trinajstić information content (AvgIpc) is 2.41. The van der Waals surface area contributed by atoms with E-state index in [1.165, 1.54) is 12.8 Å². The molecule has 0 amide bonds. The van der Waals surface area contributed by atoms with Crippen LogP contribution in [0.3, 0.4) is 0 Å². The highest BCUT2D eigenvalue weighted by atomic mass is 16.5. The largest absolute Gasteiger partial charge is 0.508 e. The van der Waals surface area contributed by atoms with Gasteiger partial charge in [-0.3, -0.25) is 4.90 Å². The highest BCUT2D eigenvalue weighted by Gasteiger charge is 2.23. The Morgan fingerprint density at radius 3 is 3.00 bits per heavy atom. The number of likely N-dealkylation sites (tertiary alicyclic amines) is 1. The van der Waals surface area contributed by atoms with E-state index in [9.17, 15) is 5.11 Å². The minimum atomic E-state index is 0.238. The fourth-order valence-electron chi connectivity index (χ4n) is 2.72. The summed E-state index contributed by atoms with van der Waals surface area (Å²) >= 11 is 0. The molecule has 2 unspecified atom stereocenters. The van der Waals surface area contributed by atoms with Crippen LogP contribution < -0.4 is 10.5 Å². The first-order chi connectivity index (χ1) is 9.10. The summed E-state index contributed by atoms with van der Waals surface area (Å²) in [5, 5.41) is 9.93. The predicted octanol–water partition coefficient (Wildman–Crippen LogP) is 1.96. The number of hydrogen-bond donors (Lipinski definition) is 2. The molecule has 1 aliphatic rings. The molecule has 2 rings (SSSR count). The highest BCUT2D eigenvalue weighted by Crippen LogP contribution is 2.26. The molecule has 1 aromatic rings. The maximum atomic E-state index is 9.93. The summed E-state index contributed by atoms with van der Waals surface area (Å²) in [6.07, 6.45) is 2.38. The number of piperidine rings is 1. The van der Waals surface area contributed by atoms with Crippen molar-refractivity contribution in [3.05, 3.63) is 23.8 Å². The van der Waals surface area contributed by atoms with Crippen LogP contribution in [0.15, 0.2) is 18.2 Å². The third-order valence-corrected chi connectivity index (χ3v) is 3.97. The van der Waals surface area contributed by atoms with Gasteiger partial charge < -0.3 is 15.6 Å². The molecule has 2 atom stereocenters. The fourth-order valence-corrected chi connectivity index (χ4v) is 2.72. The van der Waals surface area contributed by atoms with E-state index in [1.54, 1.807) is 19.2 Å². The van der Waals surface area contributed by atoms with Gasteiger partial charge in [0, 0.05) is 24.7 Å². The highest BCUT2D eigenvalue weighted by molar-refractivity contribution is 5.39. The summed E-state index contributed by atoms with van der Waals surface area (Å²) in [6, 6.07) is 5.62. The van der Waals surface area contributed by atoms with Crippen LogP contribution >= 0.6 is 0 Å². The third kappa shape index (κ3) is 3.61. The smallest absolute Gasteiger partial charge is 0.120 e. The summed E-state index contributed by atoms with van der Waals surface area (Å²) < 4.78 is 5.21. The SMILES string of the molecule is COc1ccc(O)c(CN2CCCC(C(C)N)C2)c1. The Labute approximate surface area is 115 Å². The Bertz CT molecular complexity index is 421. The molecule has 1 saturated heterocycles. The first-order valence-electron chi connectivity index (χ1n) is 6.94. The molecule has 1 fully saturated rings. The lowest BCUT2D eigenvalue weighted by atomic mass is 9.92. The molecule has 19 heavy (non-hydrogen) atoms. The van der Waals surface area contributed by atoms with Crippen LogP contribution in [0.2, 0.25) is 0 Å². The van der Waals surface area contributed by atoms with Gasteiger partial charge in [-0.1, -0.05) is 0 Å². The van der Waals surface area contributed by atoms with Crippen LogP contribution in [0.1, 0.15) is 25.3 Å². The Morgan fingerprint density at radius 2 is 2.32 bits per heavy atom. The minimum absolute atomic E-state index is 0.238. The zero-order chi connectivity index (χ0) is 13.8. The van der Waals surface area contributed by atoms with Crippen molar-refractivity contribution in [2.75, 3.05) is 20.2 Å². The zero-order valence-electron chi connectivity index (χ0n) is 11.8. The molecule has 1 aliphatic heterocycles. The summed E-state index contributed by atoms with van der Waals surface area (Å²) in [4.78, 5) is 2.37. The Balaban J connectivity index is 2.04. The van der Waals surface area contributed by atoms with Crippen LogP contribution in [-0.2, 0) is 6.54 Å². The van der Waals surface area contributed by atoms with Gasteiger partial charge in [0.2, 0.25) is 0 Å². The van der Waals surface area contributed by atoms with E-state index >= 15 is 0 Å². The van der Waals surface area contributed by atoms with Crippen molar-refractivity contribution in [3.63, 3.8) is 0 Å². The van der Waals surface area contributed by atoms with E-state index in [4.69, 9.17) is 10.5 Å². The van der Waals surface area contributed by atoms with Gasteiger partial charge in [0.1, 0.15) is 11.5 Å². The monoisotopic (exact) mass is 264 g/mol. The van der Waals surface area contributed by atoms with Gasteiger partial charge in [0.05, 0.1) is 7.11 Å². The van der Waals surface area contributed by atoms with Crippen molar-refractivity contribution in [3.8, 4) is 11.5 Å². The molecule has 1 heterocycles. The molecule has 4 nitrogen and oxygen atoms in total. The number of benzene rings is 1. The zero-order valence-corrected chi connectivity index (χ0v) is 11.8. The second kappa shape index (κ2) is 6.26. The maximum Gasteiger partial charge on any atom is 0.120 e. The van der Waals surface area contributed by atoms with Gasteiger partial charge in [0.25, 0.3) is 0 Å². The molecule has 1 aromatic carbocycles. The molecule has 3 N–H and O–H groups in total.